The number of nitrogens with one attached hydrogen (secondary N) is 1. The van der Waals surface area contributed by atoms with E-state index in [0.29, 0.717) is 13.1 Å². The summed E-state index contributed by atoms with van der Waals surface area (Å²) in [6.07, 6.45) is 3.83. The molecule has 0 aromatic carbocycles. The number of nitrogens with zero attached hydrogens (tertiary/aromatic N) is 4. The largest absolute Gasteiger partial charge is 0.376 e. The highest BCUT2D eigenvalue weighted by molar-refractivity contribution is 7.09. The second kappa shape index (κ2) is 7.76. The minimum atomic E-state index is -0.208. The molecule has 0 saturated carbocycles. The topological polar surface area (TPSA) is 72.3 Å². The highest BCUT2D eigenvalue weighted by atomic mass is 32.1. The number of ether oxygens (including phenoxy) is 1. The second-order valence-corrected chi connectivity index (χ2v) is 7.10. The van der Waals surface area contributed by atoms with Crippen LogP contribution in [0.5, 0.6) is 0 Å². The van der Waals surface area contributed by atoms with E-state index in [2.05, 4.69) is 15.5 Å². The lowest BCUT2D eigenvalue weighted by Crippen LogP contribution is -2.44. The molecular formula is C16H23N5O2S. The molecule has 0 unspecified atom stereocenters. The number of amides is 2. The van der Waals surface area contributed by atoms with Crippen LogP contribution in [-0.2, 0) is 18.3 Å². The van der Waals surface area contributed by atoms with Crippen molar-refractivity contribution in [3.63, 3.8) is 0 Å². The Hall–Kier alpha value is -1.93. The smallest absolute Gasteiger partial charge is 0.318 e. The number of thiophene rings is 1. The fraction of sp³-hybridized carbons (Fsp3) is 0.562. The fourth-order valence-corrected chi connectivity index (χ4v) is 3.59. The molecule has 1 saturated heterocycles. The van der Waals surface area contributed by atoms with Crippen molar-refractivity contribution < 1.29 is 9.53 Å². The lowest BCUT2D eigenvalue weighted by molar-refractivity contribution is 0.0791. The van der Waals surface area contributed by atoms with Crippen molar-refractivity contribution >= 4 is 17.4 Å². The van der Waals surface area contributed by atoms with Gasteiger partial charge in [-0.25, -0.2) is 4.79 Å². The minimum Gasteiger partial charge on any atom is -0.376 e. The molecule has 130 valence electrons. The Kier molecular flexibility index (Phi) is 5.47. The minimum absolute atomic E-state index is 0.102. The Morgan fingerprint density at radius 1 is 1.62 bits per heavy atom. The Balaban J connectivity index is 1.66. The predicted molar refractivity (Wildman–Crippen MR) is 91.7 cm³/mol. The fourth-order valence-electron chi connectivity index (χ4n) is 2.87. The lowest BCUT2D eigenvalue weighted by Gasteiger charge is -2.26. The van der Waals surface area contributed by atoms with Gasteiger partial charge in [-0.2, -0.15) is 0 Å². The Bertz CT molecular complexity index is 651. The van der Waals surface area contributed by atoms with Gasteiger partial charge >= 0.3 is 6.03 Å². The van der Waals surface area contributed by atoms with Crippen molar-refractivity contribution in [2.75, 3.05) is 13.2 Å². The molecule has 2 amide bonds. The van der Waals surface area contributed by atoms with Crippen molar-refractivity contribution in [1.82, 2.24) is 25.0 Å². The summed E-state index contributed by atoms with van der Waals surface area (Å²) in [5.74, 6) is 0.733. The summed E-state index contributed by atoms with van der Waals surface area (Å²) in [4.78, 5) is 15.8. The predicted octanol–water partition coefficient (Wildman–Crippen LogP) is 2.33. The maximum Gasteiger partial charge on any atom is 0.318 e. The Morgan fingerprint density at radius 2 is 2.50 bits per heavy atom. The van der Waals surface area contributed by atoms with Crippen molar-refractivity contribution in [3.8, 4) is 0 Å². The lowest BCUT2D eigenvalue weighted by atomic mass is 10.2. The highest BCUT2D eigenvalue weighted by Crippen LogP contribution is 2.18. The molecule has 7 nitrogen and oxygen atoms in total. The summed E-state index contributed by atoms with van der Waals surface area (Å²) in [7, 11) is 1.87. The van der Waals surface area contributed by atoms with E-state index in [9.17, 15) is 4.79 Å². The normalized spacial score (nSPS) is 18.5. The SMILES string of the molecule is C[C@H](NC(=O)N(Cc1cccs1)C[C@H]1CCCO1)c1nncn1C. The summed E-state index contributed by atoms with van der Waals surface area (Å²) >= 11 is 1.66. The number of urea groups is 1. The number of hydrogen-bond acceptors (Lipinski definition) is 5. The van der Waals surface area contributed by atoms with Crippen LogP contribution in [0.1, 0.15) is 36.5 Å². The first-order valence-corrected chi connectivity index (χ1v) is 9.04. The van der Waals surface area contributed by atoms with Crippen LogP contribution in [-0.4, -0.2) is 45.0 Å². The number of aromatic nitrogens is 3. The summed E-state index contributed by atoms with van der Waals surface area (Å²) in [6.45, 7) is 3.90. The molecule has 3 rings (SSSR count). The zero-order valence-electron chi connectivity index (χ0n) is 14.0. The van der Waals surface area contributed by atoms with Gasteiger partial charge in [0, 0.05) is 25.1 Å². The summed E-state index contributed by atoms with van der Waals surface area (Å²) in [5.41, 5.74) is 0. The van der Waals surface area contributed by atoms with Gasteiger partial charge in [-0.15, -0.1) is 21.5 Å². The average molecular weight is 349 g/mol. The van der Waals surface area contributed by atoms with E-state index in [1.165, 1.54) is 0 Å². The average Bonchev–Trinajstić information content (AvgIpc) is 3.28. The maximum absolute atomic E-state index is 12.8. The van der Waals surface area contributed by atoms with Gasteiger partial charge < -0.3 is 19.5 Å². The van der Waals surface area contributed by atoms with Crippen LogP contribution in [0.25, 0.3) is 0 Å². The number of hydrogen-bond donors (Lipinski definition) is 1. The summed E-state index contributed by atoms with van der Waals surface area (Å²) < 4.78 is 7.52. The van der Waals surface area contributed by atoms with Gasteiger partial charge in [-0.1, -0.05) is 6.07 Å². The van der Waals surface area contributed by atoms with E-state index >= 15 is 0 Å². The van der Waals surface area contributed by atoms with Gasteiger partial charge in [0.1, 0.15) is 6.33 Å². The maximum atomic E-state index is 12.8. The summed E-state index contributed by atoms with van der Waals surface area (Å²) in [6, 6.07) is 3.74. The van der Waals surface area contributed by atoms with Gasteiger partial charge in [0.2, 0.25) is 0 Å². The first-order chi connectivity index (χ1) is 11.6. The second-order valence-electron chi connectivity index (χ2n) is 6.07. The quantitative estimate of drug-likeness (QED) is 0.869. The molecule has 3 heterocycles. The van der Waals surface area contributed by atoms with Crippen molar-refractivity contribution in [3.05, 3.63) is 34.5 Å². The first-order valence-electron chi connectivity index (χ1n) is 8.17. The van der Waals surface area contributed by atoms with Crippen LogP contribution in [0, 0.1) is 0 Å². The molecule has 1 aliphatic heterocycles. The molecule has 0 radical (unpaired) electrons. The number of aryl methyl sites for hydroxylation is 1. The van der Waals surface area contributed by atoms with Gasteiger partial charge in [0.25, 0.3) is 0 Å². The third kappa shape index (κ3) is 4.12. The number of carbonyl (C=O) groups excluding carboxylic acids is 1. The van der Waals surface area contributed by atoms with Crippen LogP contribution in [0.3, 0.4) is 0 Å². The standard InChI is InChI=1S/C16H23N5O2S/c1-12(15-19-17-11-20(15)2)18-16(22)21(9-13-5-3-7-23-13)10-14-6-4-8-24-14/h4,6,8,11-13H,3,5,7,9-10H2,1-2H3,(H,18,22)/t12-,13+/m0/s1. The molecule has 1 N–H and O–H groups in total. The molecule has 1 aliphatic rings. The molecular weight excluding hydrogens is 326 g/mol. The molecule has 0 bridgehead atoms. The van der Waals surface area contributed by atoms with Crippen molar-refractivity contribution in [2.24, 2.45) is 7.05 Å². The summed E-state index contributed by atoms with van der Waals surface area (Å²) in [5, 5.41) is 13.0. The van der Waals surface area contributed by atoms with Gasteiger partial charge in [0.05, 0.1) is 18.7 Å². The van der Waals surface area contributed by atoms with Crippen molar-refractivity contribution in [2.45, 2.75) is 38.5 Å². The van der Waals surface area contributed by atoms with Gasteiger partial charge in [-0.3, -0.25) is 0 Å². The molecule has 2 aromatic heterocycles. The molecule has 0 aliphatic carbocycles. The van der Waals surface area contributed by atoms with E-state index in [0.717, 1.165) is 30.2 Å². The third-order valence-electron chi connectivity index (χ3n) is 4.14. The molecule has 1 fully saturated rings. The van der Waals surface area contributed by atoms with Crippen LogP contribution >= 0.6 is 11.3 Å². The first kappa shape index (κ1) is 16.9. The number of carbonyl (C=O) groups is 1. The molecule has 2 aromatic rings. The van der Waals surface area contributed by atoms with E-state index in [1.807, 2.05) is 41.0 Å². The molecule has 2 atom stereocenters. The zero-order valence-corrected chi connectivity index (χ0v) is 14.8. The molecule has 8 heteroatoms. The zero-order chi connectivity index (χ0) is 16.9. The van der Waals surface area contributed by atoms with Crippen LogP contribution in [0.2, 0.25) is 0 Å². The monoisotopic (exact) mass is 349 g/mol. The van der Waals surface area contributed by atoms with E-state index < -0.39 is 0 Å². The van der Waals surface area contributed by atoms with E-state index in [4.69, 9.17) is 4.74 Å². The van der Waals surface area contributed by atoms with Crippen LogP contribution in [0.15, 0.2) is 23.8 Å². The van der Waals surface area contributed by atoms with Crippen molar-refractivity contribution in [1.29, 1.82) is 0 Å². The van der Waals surface area contributed by atoms with E-state index in [-0.39, 0.29) is 18.2 Å². The molecule has 24 heavy (non-hydrogen) atoms. The van der Waals surface area contributed by atoms with Crippen LogP contribution < -0.4 is 5.32 Å². The van der Waals surface area contributed by atoms with E-state index in [1.54, 1.807) is 17.7 Å². The Labute approximate surface area is 145 Å². The third-order valence-corrected chi connectivity index (χ3v) is 5.00. The van der Waals surface area contributed by atoms with Gasteiger partial charge in [-0.05, 0) is 31.2 Å². The molecule has 0 spiro atoms. The Morgan fingerprint density at radius 3 is 3.12 bits per heavy atom. The van der Waals surface area contributed by atoms with Gasteiger partial charge in [0.15, 0.2) is 5.82 Å². The number of rotatable bonds is 6. The van der Waals surface area contributed by atoms with Crippen LogP contribution in [0.4, 0.5) is 4.79 Å². The highest BCUT2D eigenvalue weighted by Gasteiger charge is 2.25.